The van der Waals surface area contributed by atoms with Gasteiger partial charge in [0.25, 0.3) is 0 Å². The number of carbonyl (C=O) groups excluding carboxylic acids is 3. The van der Waals surface area contributed by atoms with E-state index in [-0.39, 0.29) is 24.5 Å². The minimum atomic E-state index is -1.34. The maximum atomic E-state index is 13.0. The molecule has 8 N–H and O–H groups in total. The average molecular weight is 481 g/mol. The third-order valence-electron chi connectivity index (χ3n) is 4.76. The Morgan fingerprint density at radius 1 is 0.882 bits per heavy atom. The summed E-state index contributed by atoms with van der Waals surface area (Å²) < 4.78 is 0. The molecule has 34 heavy (non-hydrogen) atoms. The summed E-state index contributed by atoms with van der Waals surface area (Å²) in [5, 5.41) is 34.2. The van der Waals surface area contributed by atoms with Crippen LogP contribution in [0.15, 0.2) is 24.3 Å². The zero-order valence-electron chi connectivity index (χ0n) is 19.1. The summed E-state index contributed by atoms with van der Waals surface area (Å²) >= 11 is 0. The normalized spacial score (nSPS) is 13.4. The molecule has 12 nitrogen and oxygen atoms in total. The Balaban J connectivity index is 3.06. The minimum Gasteiger partial charge on any atom is -0.508 e. The number of nitrogens with one attached hydrogen (secondary N) is 3. The molecule has 0 aliphatic rings. The van der Waals surface area contributed by atoms with E-state index in [0.29, 0.717) is 12.0 Å². The van der Waals surface area contributed by atoms with Gasteiger partial charge in [-0.2, -0.15) is 0 Å². The zero-order chi connectivity index (χ0) is 25.8. The first-order valence-electron chi connectivity index (χ1n) is 10.7. The molecule has 0 spiro atoms. The van der Waals surface area contributed by atoms with Crippen LogP contribution >= 0.6 is 0 Å². The first-order valence-corrected chi connectivity index (χ1v) is 10.7. The van der Waals surface area contributed by atoms with Crippen molar-refractivity contribution in [2.45, 2.75) is 57.7 Å². The van der Waals surface area contributed by atoms with Gasteiger partial charge in [0.2, 0.25) is 17.7 Å². The second-order valence-corrected chi connectivity index (χ2v) is 8.27. The Morgan fingerprint density at radius 3 is 2.00 bits per heavy atom. The smallest absolute Gasteiger partial charge is 0.322 e. The van der Waals surface area contributed by atoms with Crippen LogP contribution in [-0.4, -0.2) is 69.7 Å². The van der Waals surface area contributed by atoms with Gasteiger partial charge in [0.15, 0.2) is 0 Å². The molecule has 1 aromatic rings. The fourth-order valence-corrected chi connectivity index (χ4v) is 3.07. The third kappa shape index (κ3) is 10.8. The van der Waals surface area contributed by atoms with Gasteiger partial charge in [-0.3, -0.25) is 24.0 Å². The topological polar surface area (TPSA) is 208 Å². The SMILES string of the molecule is CC(C)CC(N)C(=O)NC(Cc1ccc(O)cc1)C(=O)NC(CCC(=O)O)C(=O)NCC(=O)O. The predicted octanol–water partition coefficient (Wildman–Crippen LogP) is -0.657. The Bertz CT molecular complexity index is 872. The van der Waals surface area contributed by atoms with Crippen molar-refractivity contribution in [1.29, 1.82) is 0 Å². The Morgan fingerprint density at radius 2 is 1.47 bits per heavy atom. The number of phenolic OH excluding ortho intramolecular Hbond substituents is 1. The molecule has 3 unspecified atom stereocenters. The van der Waals surface area contributed by atoms with Crippen LogP contribution in [-0.2, 0) is 30.4 Å². The number of hydrogen-bond donors (Lipinski definition) is 7. The molecule has 188 valence electrons. The maximum Gasteiger partial charge on any atom is 0.322 e. The van der Waals surface area contributed by atoms with Crippen molar-refractivity contribution < 1.29 is 39.3 Å². The van der Waals surface area contributed by atoms with E-state index in [1.54, 1.807) is 12.1 Å². The first-order chi connectivity index (χ1) is 15.9. The van der Waals surface area contributed by atoms with Gasteiger partial charge in [-0.15, -0.1) is 0 Å². The van der Waals surface area contributed by atoms with E-state index < -0.39 is 60.8 Å². The molecule has 0 aliphatic carbocycles. The van der Waals surface area contributed by atoms with Gasteiger partial charge in [0, 0.05) is 12.8 Å². The lowest BCUT2D eigenvalue weighted by Gasteiger charge is -2.24. The number of phenols is 1. The van der Waals surface area contributed by atoms with Crippen molar-refractivity contribution in [2.24, 2.45) is 11.7 Å². The molecule has 0 saturated carbocycles. The summed E-state index contributed by atoms with van der Waals surface area (Å²) in [6, 6.07) is 2.53. The highest BCUT2D eigenvalue weighted by Gasteiger charge is 2.29. The standard InChI is InChI=1S/C22H32N4O8/c1-12(2)9-15(23)20(32)26-17(10-13-3-5-14(27)6-4-13)22(34)25-16(7-8-18(28)29)21(33)24-11-19(30)31/h3-6,12,15-17,27H,7-11,23H2,1-2H3,(H,24,33)(H,25,34)(H,26,32)(H,28,29)(H,30,31). The Labute approximate surface area is 196 Å². The van der Waals surface area contributed by atoms with E-state index in [1.807, 2.05) is 13.8 Å². The van der Waals surface area contributed by atoms with Crippen LogP contribution in [0.5, 0.6) is 5.75 Å². The van der Waals surface area contributed by atoms with Gasteiger partial charge >= 0.3 is 11.9 Å². The molecule has 0 bridgehead atoms. The minimum absolute atomic E-state index is 0.00531. The fourth-order valence-electron chi connectivity index (χ4n) is 3.07. The number of amides is 3. The van der Waals surface area contributed by atoms with Crippen LogP contribution in [0.25, 0.3) is 0 Å². The average Bonchev–Trinajstić information content (AvgIpc) is 2.74. The molecule has 0 fully saturated rings. The number of carboxylic acid groups (broad SMARTS) is 2. The molecule has 0 radical (unpaired) electrons. The number of carbonyl (C=O) groups is 5. The molecule has 0 aromatic heterocycles. The van der Waals surface area contributed by atoms with Crippen LogP contribution in [0.3, 0.4) is 0 Å². The lowest BCUT2D eigenvalue weighted by molar-refractivity contribution is -0.140. The first kappa shape index (κ1) is 28.4. The van der Waals surface area contributed by atoms with Crippen LogP contribution < -0.4 is 21.7 Å². The predicted molar refractivity (Wildman–Crippen MR) is 121 cm³/mol. The third-order valence-corrected chi connectivity index (χ3v) is 4.76. The summed E-state index contributed by atoms with van der Waals surface area (Å²) in [6.45, 7) is 3.06. The van der Waals surface area contributed by atoms with Crippen molar-refractivity contribution in [3.8, 4) is 5.75 Å². The Hall–Kier alpha value is -3.67. The number of rotatable bonds is 14. The summed E-state index contributed by atoms with van der Waals surface area (Å²) in [5.41, 5.74) is 6.51. The molecule has 0 heterocycles. The lowest BCUT2D eigenvalue weighted by atomic mass is 10.0. The van der Waals surface area contributed by atoms with Crippen molar-refractivity contribution in [3.63, 3.8) is 0 Å². The van der Waals surface area contributed by atoms with Gasteiger partial charge < -0.3 is 37.0 Å². The van der Waals surface area contributed by atoms with Crippen molar-refractivity contribution in [1.82, 2.24) is 16.0 Å². The van der Waals surface area contributed by atoms with E-state index in [1.165, 1.54) is 12.1 Å². The second kappa shape index (κ2) is 13.8. The van der Waals surface area contributed by atoms with E-state index in [2.05, 4.69) is 16.0 Å². The van der Waals surface area contributed by atoms with E-state index in [9.17, 15) is 29.1 Å². The Kier molecular flexibility index (Phi) is 11.5. The number of nitrogens with two attached hydrogens (primary N) is 1. The highest BCUT2D eigenvalue weighted by Crippen LogP contribution is 2.12. The quantitative estimate of drug-likeness (QED) is 0.180. The summed E-state index contributed by atoms with van der Waals surface area (Å²) in [6.07, 6.45) is -0.383. The largest absolute Gasteiger partial charge is 0.508 e. The van der Waals surface area contributed by atoms with E-state index in [4.69, 9.17) is 15.9 Å². The molecule has 0 aliphatic heterocycles. The molecular weight excluding hydrogens is 448 g/mol. The van der Waals surface area contributed by atoms with Crippen LogP contribution in [0, 0.1) is 5.92 Å². The van der Waals surface area contributed by atoms with Crippen molar-refractivity contribution in [2.75, 3.05) is 6.54 Å². The number of benzene rings is 1. The van der Waals surface area contributed by atoms with Crippen LogP contribution in [0.4, 0.5) is 0 Å². The number of aliphatic carboxylic acids is 2. The second-order valence-electron chi connectivity index (χ2n) is 8.27. The fraction of sp³-hybridized carbons (Fsp3) is 0.500. The number of aromatic hydroxyl groups is 1. The van der Waals surface area contributed by atoms with Gasteiger partial charge in [-0.25, -0.2) is 0 Å². The number of hydrogen-bond acceptors (Lipinski definition) is 7. The zero-order valence-corrected chi connectivity index (χ0v) is 19.1. The van der Waals surface area contributed by atoms with Crippen molar-refractivity contribution in [3.05, 3.63) is 29.8 Å². The molecule has 12 heteroatoms. The summed E-state index contributed by atoms with van der Waals surface area (Å²) in [5.74, 6) is -4.61. The molecule has 1 rings (SSSR count). The van der Waals surface area contributed by atoms with Gasteiger partial charge in [0.1, 0.15) is 24.4 Å². The molecule has 3 atom stereocenters. The summed E-state index contributed by atoms with van der Waals surface area (Å²) in [4.78, 5) is 59.7. The van der Waals surface area contributed by atoms with Gasteiger partial charge in [-0.05, 0) is 36.5 Å². The number of carboxylic acids is 2. The summed E-state index contributed by atoms with van der Waals surface area (Å²) in [7, 11) is 0. The molecular formula is C22H32N4O8. The maximum absolute atomic E-state index is 13.0. The van der Waals surface area contributed by atoms with E-state index in [0.717, 1.165) is 0 Å². The molecule has 1 aromatic carbocycles. The van der Waals surface area contributed by atoms with Crippen LogP contribution in [0.2, 0.25) is 0 Å². The highest BCUT2D eigenvalue weighted by atomic mass is 16.4. The van der Waals surface area contributed by atoms with Crippen molar-refractivity contribution >= 4 is 29.7 Å². The molecule has 3 amide bonds. The lowest BCUT2D eigenvalue weighted by Crippen LogP contribution is -2.56. The van der Waals surface area contributed by atoms with Gasteiger partial charge in [-0.1, -0.05) is 26.0 Å². The van der Waals surface area contributed by atoms with E-state index >= 15 is 0 Å². The molecule has 0 saturated heterocycles. The highest BCUT2D eigenvalue weighted by molar-refractivity contribution is 5.94. The van der Waals surface area contributed by atoms with Gasteiger partial charge in [0.05, 0.1) is 6.04 Å². The monoisotopic (exact) mass is 480 g/mol. The van der Waals surface area contributed by atoms with Crippen LogP contribution in [0.1, 0.15) is 38.7 Å².